The number of ether oxygens (including phenoxy) is 1. The van der Waals surface area contributed by atoms with Crippen molar-refractivity contribution in [2.24, 2.45) is 0 Å². The first-order chi connectivity index (χ1) is 10.1. The summed E-state index contributed by atoms with van der Waals surface area (Å²) in [4.78, 5) is 0. The van der Waals surface area contributed by atoms with Crippen LogP contribution in [0.3, 0.4) is 0 Å². The van der Waals surface area contributed by atoms with E-state index in [0.717, 1.165) is 11.3 Å². The first-order valence-electron chi connectivity index (χ1n) is 6.67. The summed E-state index contributed by atoms with van der Waals surface area (Å²) in [6, 6.07) is 12.1. The van der Waals surface area contributed by atoms with Crippen LogP contribution >= 0.6 is 0 Å². The zero-order valence-corrected chi connectivity index (χ0v) is 11.8. The molecule has 0 aliphatic carbocycles. The highest BCUT2D eigenvalue weighted by Gasteiger charge is 2.12. The number of rotatable bonds is 6. The lowest BCUT2D eigenvalue weighted by Crippen LogP contribution is -2.13. The third kappa shape index (κ3) is 4.34. The normalized spacial score (nSPS) is 10.7. The van der Waals surface area contributed by atoms with Crippen LogP contribution in [-0.4, -0.2) is 13.2 Å². The van der Waals surface area contributed by atoms with Crippen molar-refractivity contribution in [2.45, 2.75) is 13.3 Å². The molecule has 0 unspecified atom stereocenters. The van der Waals surface area contributed by atoms with E-state index in [0.29, 0.717) is 24.5 Å². The minimum absolute atomic E-state index is 0.0921. The molecule has 0 amide bonds. The summed E-state index contributed by atoms with van der Waals surface area (Å²) >= 11 is 0. The van der Waals surface area contributed by atoms with Crippen molar-refractivity contribution in [2.75, 3.05) is 24.2 Å². The van der Waals surface area contributed by atoms with Crippen LogP contribution < -0.4 is 15.8 Å². The first-order valence-corrected chi connectivity index (χ1v) is 6.67. The maximum Gasteiger partial charge on any atom is 0.265 e. The van der Waals surface area contributed by atoms with Crippen LogP contribution in [0.15, 0.2) is 42.5 Å². The van der Waals surface area contributed by atoms with Crippen molar-refractivity contribution < 1.29 is 13.5 Å². The van der Waals surface area contributed by atoms with Gasteiger partial charge in [0.1, 0.15) is 12.4 Å². The Morgan fingerprint density at radius 3 is 2.71 bits per heavy atom. The molecule has 3 N–H and O–H groups in total. The van der Waals surface area contributed by atoms with E-state index >= 15 is 0 Å². The quantitative estimate of drug-likeness (QED) is 0.625. The van der Waals surface area contributed by atoms with Crippen LogP contribution in [0, 0.1) is 6.92 Å². The molecule has 0 bridgehead atoms. The minimum atomic E-state index is -2.56. The van der Waals surface area contributed by atoms with Gasteiger partial charge in [-0.25, -0.2) is 8.78 Å². The molecule has 21 heavy (non-hydrogen) atoms. The van der Waals surface area contributed by atoms with Crippen LogP contribution in [0.1, 0.15) is 17.6 Å². The Morgan fingerprint density at radius 2 is 2.00 bits per heavy atom. The number of benzene rings is 2. The molecule has 0 atom stereocenters. The van der Waals surface area contributed by atoms with Gasteiger partial charge in [-0.2, -0.15) is 0 Å². The third-order valence-corrected chi connectivity index (χ3v) is 2.99. The number of anilines is 2. The average Bonchev–Trinajstić information content (AvgIpc) is 2.44. The molecule has 0 fully saturated rings. The highest BCUT2D eigenvalue weighted by Crippen LogP contribution is 2.28. The predicted octanol–water partition coefficient (Wildman–Crippen LogP) is 4.01. The summed E-state index contributed by atoms with van der Waals surface area (Å²) in [6.45, 7) is 2.79. The van der Waals surface area contributed by atoms with Gasteiger partial charge in [-0.15, -0.1) is 0 Å². The number of nitrogens with two attached hydrogens (primary N) is 1. The fourth-order valence-corrected chi connectivity index (χ4v) is 1.98. The Balaban J connectivity index is 1.89. The van der Waals surface area contributed by atoms with Gasteiger partial charge in [0.25, 0.3) is 6.43 Å². The number of nitrogen functional groups attached to an aromatic ring is 1. The molecule has 0 radical (unpaired) electrons. The monoisotopic (exact) mass is 292 g/mol. The van der Waals surface area contributed by atoms with Gasteiger partial charge < -0.3 is 15.8 Å². The molecule has 0 heterocycles. The maximum atomic E-state index is 12.9. The van der Waals surface area contributed by atoms with Crippen LogP contribution in [0.2, 0.25) is 0 Å². The van der Waals surface area contributed by atoms with Gasteiger partial charge in [0.15, 0.2) is 0 Å². The minimum Gasteiger partial charge on any atom is -0.492 e. The molecule has 0 aliphatic heterocycles. The van der Waals surface area contributed by atoms with E-state index in [2.05, 4.69) is 5.32 Å². The summed E-state index contributed by atoms with van der Waals surface area (Å²) < 4.78 is 31.4. The van der Waals surface area contributed by atoms with Crippen molar-refractivity contribution in [3.63, 3.8) is 0 Å². The molecular weight excluding hydrogens is 274 g/mol. The second-order valence-corrected chi connectivity index (χ2v) is 4.74. The van der Waals surface area contributed by atoms with Crippen molar-refractivity contribution >= 4 is 11.4 Å². The standard InChI is InChI=1S/C16H18F2N2O/c1-11-3-2-4-13(9-11)21-8-7-20-15-6-5-12(19)10-14(15)16(17)18/h2-6,9-10,16,20H,7-8,19H2,1H3. The fourth-order valence-electron chi connectivity index (χ4n) is 1.98. The molecule has 0 spiro atoms. The van der Waals surface area contributed by atoms with Crippen LogP contribution in [0.4, 0.5) is 20.2 Å². The van der Waals surface area contributed by atoms with Crippen molar-refractivity contribution in [3.8, 4) is 5.75 Å². The second kappa shape index (κ2) is 6.92. The summed E-state index contributed by atoms with van der Waals surface area (Å²) in [7, 11) is 0. The highest BCUT2D eigenvalue weighted by atomic mass is 19.3. The largest absolute Gasteiger partial charge is 0.492 e. The van der Waals surface area contributed by atoms with Gasteiger partial charge in [-0.05, 0) is 42.8 Å². The van der Waals surface area contributed by atoms with Gasteiger partial charge in [0.2, 0.25) is 0 Å². The number of hydrogen-bond donors (Lipinski definition) is 2. The number of halogens is 2. The number of aryl methyl sites for hydroxylation is 1. The van der Waals surface area contributed by atoms with Crippen LogP contribution in [0.5, 0.6) is 5.75 Å². The molecule has 0 saturated carbocycles. The summed E-state index contributed by atoms with van der Waals surface area (Å²) in [5, 5.41) is 2.95. The lowest BCUT2D eigenvalue weighted by atomic mass is 10.1. The molecule has 0 aliphatic rings. The lowest BCUT2D eigenvalue weighted by Gasteiger charge is -2.13. The van der Waals surface area contributed by atoms with E-state index in [1.807, 2.05) is 31.2 Å². The van der Waals surface area contributed by atoms with Crippen LogP contribution in [-0.2, 0) is 0 Å². The molecule has 2 aromatic rings. The van der Waals surface area contributed by atoms with Crippen LogP contribution in [0.25, 0.3) is 0 Å². The highest BCUT2D eigenvalue weighted by molar-refractivity contribution is 5.58. The Bertz CT molecular complexity index is 603. The Kier molecular flexibility index (Phi) is 4.98. The van der Waals surface area contributed by atoms with Gasteiger partial charge in [-0.3, -0.25) is 0 Å². The van der Waals surface area contributed by atoms with Crippen molar-refractivity contribution in [3.05, 3.63) is 53.6 Å². The Hall–Kier alpha value is -2.30. The molecule has 2 rings (SSSR count). The molecule has 5 heteroatoms. The Labute approximate surface area is 122 Å². The van der Waals surface area contributed by atoms with Gasteiger partial charge in [0, 0.05) is 23.5 Å². The van der Waals surface area contributed by atoms with Gasteiger partial charge in [-0.1, -0.05) is 12.1 Å². The number of hydrogen-bond acceptors (Lipinski definition) is 3. The molecule has 2 aromatic carbocycles. The molecule has 0 aromatic heterocycles. The van der Waals surface area contributed by atoms with E-state index in [4.69, 9.17) is 10.5 Å². The lowest BCUT2D eigenvalue weighted by molar-refractivity contribution is 0.152. The van der Waals surface area contributed by atoms with E-state index < -0.39 is 6.43 Å². The predicted molar refractivity (Wildman–Crippen MR) is 81.0 cm³/mol. The zero-order valence-electron chi connectivity index (χ0n) is 11.8. The number of alkyl halides is 2. The molecule has 0 saturated heterocycles. The third-order valence-electron chi connectivity index (χ3n) is 2.99. The van der Waals surface area contributed by atoms with E-state index in [1.54, 1.807) is 12.1 Å². The average molecular weight is 292 g/mol. The second-order valence-electron chi connectivity index (χ2n) is 4.74. The number of nitrogens with one attached hydrogen (secondary N) is 1. The smallest absolute Gasteiger partial charge is 0.265 e. The summed E-state index contributed by atoms with van der Waals surface area (Å²) in [5.41, 5.74) is 7.25. The van der Waals surface area contributed by atoms with Gasteiger partial charge >= 0.3 is 0 Å². The van der Waals surface area contributed by atoms with E-state index in [9.17, 15) is 8.78 Å². The van der Waals surface area contributed by atoms with Crippen molar-refractivity contribution in [1.82, 2.24) is 0 Å². The van der Waals surface area contributed by atoms with Crippen molar-refractivity contribution in [1.29, 1.82) is 0 Å². The van der Waals surface area contributed by atoms with E-state index in [1.165, 1.54) is 6.07 Å². The SMILES string of the molecule is Cc1cccc(OCCNc2ccc(N)cc2C(F)F)c1. The fraction of sp³-hybridized carbons (Fsp3) is 0.250. The van der Waals surface area contributed by atoms with Gasteiger partial charge in [0.05, 0.1) is 0 Å². The summed E-state index contributed by atoms with van der Waals surface area (Å²) in [6.07, 6.45) is -2.56. The Morgan fingerprint density at radius 1 is 1.19 bits per heavy atom. The zero-order chi connectivity index (χ0) is 15.2. The molecule has 3 nitrogen and oxygen atoms in total. The first kappa shape index (κ1) is 15.1. The molecule has 112 valence electrons. The summed E-state index contributed by atoms with van der Waals surface area (Å²) in [5.74, 6) is 0.767. The van der Waals surface area contributed by atoms with E-state index in [-0.39, 0.29) is 5.56 Å². The maximum absolute atomic E-state index is 12.9. The topological polar surface area (TPSA) is 47.3 Å². The molecular formula is C16H18F2N2O.